The van der Waals surface area contributed by atoms with Gasteiger partial charge in [-0.1, -0.05) is 48.5 Å². The van der Waals surface area contributed by atoms with Crippen LogP contribution in [0.25, 0.3) is 0 Å². The van der Waals surface area contributed by atoms with E-state index in [4.69, 9.17) is 0 Å². The molecule has 2 aromatic carbocycles. The van der Waals surface area contributed by atoms with E-state index >= 15 is 0 Å². The maximum atomic E-state index is 12.8. The van der Waals surface area contributed by atoms with Crippen LogP contribution in [0.4, 0.5) is 5.69 Å². The molecule has 2 aliphatic heterocycles. The summed E-state index contributed by atoms with van der Waals surface area (Å²) in [6, 6.07) is 15.5. The molecule has 2 aliphatic rings. The van der Waals surface area contributed by atoms with E-state index in [1.165, 1.54) is 6.42 Å². The van der Waals surface area contributed by atoms with Crippen molar-refractivity contribution >= 4 is 29.3 Å². The number of nitrogens with one attached hydrogen (secondary N) is 1. The van der Waals surface area contributed by atoms with Gasteiger partial charge in [-0.15, -0.1) is 0 Å². The van der Waals surface area contributed by atoms with Gasteiger partial charge in [0, 0.05) is 24.1 Å². The van der Waals surface area contributed by atoms with Crippen molar-refractivity contribution in [2.45, 2.75) is 36.1 Å². The van der Waals surface area contributed by atoms with Crippen LogP contribution in [0.1, 0.15) is 35.2 Å². The fourth-order valence-corrected chi connectivity index (χ4v) is 4.92. The Morgan fingerprint density at radius 3 is 2.64 bits per heavy atom. The zero-order chi connectivity index (χ0) is 19.5. The molecule has 0 radical (unpaired) electrons. The van der Waals surface area contributed by atoms with Crippen molar-refractivity contribution in [2.75, 3.05) is 25.5 Å². The standard InChI is InChI=1S/C22H25N3O2S/c1-24(15-16-8-4-2-5-9-16)21(27)17-10-11-19-18(14-17)23-20(26)22(28-19)25-12-6-3-7-13-25/h2,4-5,8-11,14,22H,3,6-7,12-13,15H2,1H3,(H,23,26). The molecule has 1 unspecified atom stereocenters. The van der Waals surface area contributed by atoms with Crippen molar-refractivity contribution in [1.29, 1.82) is 0 Å². The van der Waals surface area contributed by atoms with E-state index in [-0.39, 0.29) is 17.2 Å². The molecular weight excluding hydrogens is 370 g/mol. The lowest BCUT2D eigenvalue weighted by molar-refractivity contribution is -0.118. The number of fused-ring (bicyclic) bond motifs is 1. The molecule has 146 valence electrons. The molecule has 0 saturated carbocycles. The lowest BCUT2D eigenvalue weighted by Crippen LogP contribution is -2.46. The Labute approximate surface area is 170 Å². The number of benzene rings is 2. The molecule has 6 heteroatoms. The first-order valence-corrected chi connectivity index (χ1v) is 10.6. The van der Waals surface area contributed by atoms with Crippen molar-refractivity contribution < 1.29 is 9.59 Å². The second-order valence-corrected chi connectivity index (χ2v) is 8.54. The molecule has 5 nitrogen and oxygen atoms in total. The molecular formula is C22H25N3O2S. The maximum absolute atomic E-state index is 12.8. The lowest BCUT2D eigenvalue weighted by atomic mass is 10.1. The van der Waals surface area contributed by atoms with Gasteiger partial charge in [-0.2, -0.15) is 0 Å². The predicted octanol–water partition coefficient (Wildman–Crippen LogP) is 3.82. The third-order valence-electron chi connectivity index (χ3n) is 5.28. The number of thioether (sulfide) groups is 1. The molecule has 2 amide bonds. The highest BCUT2D eigenvalue weighted by atomic mass is 32.2. The first-order valence-electron chi connectivity index (χ1n) is 9.77. The molecule has 0 spiro atoms. The van der Waals surface area contributed by atoms with Gasteiger partial charge in [0.1, 0.15) is 5.37 Å². The summed E-state index contributed by atoms with van der Waals surface area (Å²) in [4.78, 5) is 30.5. The normalized spacial score (nSPS) is 19.6. The Morgan fingerprint density at radius 1 is 1.14 bits per heavy atom. The molecule has 0 aromatic heterocycles. The Balaban J connectivity index is 1.47. The maximum Gasteiger partial charge on any atom is 0.253 e. The number of carbonyl (C=O) groups is 2. The zero-order valence-corrected chi connectivity index (χ0v) is 16.9. The SMILES string of the molecule is CN(Cc1ccccc1)C(=O)c1ccc2c(c1)NC(=O)C(N1CCCCC1)S2. The molecule has 1 saturated heterocycles. The Hall–Kier alpha value is -2.31. The molecule has 2 heterocycles. The Kier molecular flexibility index (Phi) is 5.69. The van der Waals surface area contributed by atoms with Gasteiger partial charge in [-0.05, 0) is 49.7 Å². The number of carbonyl (C=O) groups excluding carboxylic acids is 2. The van der Waals surface area contributed by atoms with Crippen LogP contribution in [-0.2, 0) is 11.3 Å². The van der Waals surface area contributed by atoms with E-state index in [0.717, 1.165) is 42.1 Å². The number of rotatable bonds is 4. The van der Waals surface area contributed by atoms with E-state index in [9.17, 15) is 9.59 Å². The summed E-state index contributed by atoms with van der Waals surface area (Å²) in [7, 11) is 1.80. The van der Waals surface area contributed by atoms with E-state index in [1.54, 1.807) is 29.8 Å². The minimum atomic E-state index is -0.171. The number of amides is 2. The number of hydrogen-bond acceptors (Lipinski definition) is 4. The summed E-state index contributed by atoms with van der Waals surface area (Å²) in [6.45, 7) is 2.50. The average molecular weight is 396 g/mol. The van der Waals surface area contributed by atoms with E-state index in [1.807, 2.05) is 42.5 Å². The van der Waals surface area contributed by atoms with Crippen LogP contribution in [0.2, 0.25) is 0 Å². The van der Waals surface area contributed by atoms with Crippen molar-refractivity contribution in [2.24, 2.45) is 0 Å². The Morgan fingerprint density at radius 2 is 1.89 bits per heavy atom. The minimum Gasteiger partial charge on any atom is -0.337 e. The molecule has 2 aromatic rings. The largest absolute Gasteiger partial charge is 0.337 e. The highest BCUT2D eigenvalue weighted by molar-refractivity contribution is 8.00. The third-order valence-corrected chi connectivity index (χ3v) is 6.62. The number of hydrogen-bond donors (Lipinski definition) is 1. The van der Waals surface area contributed by atoms with Crippen LogP contribution in [0.15, 0.2) is 53.4 Å². The fraction of sp³-hybridized carbons (Fsp3) is 0.364. The summed E-state index contributed by atoms with van der Waals surface area (Å²) in [5.41, 5.74) is 2.42. The topological polar surface area (TPSA) is 52.7 Å². The first kappa shape index (κ1) is 19.0. The molecule has 1 atom stereocenters. The summed E-state index contributed by atoms with van der Waals surface area (Å²) in [5, 5.41) is 2.85. The fourth-order valence-electron chi connectivity index (χ4n) is 3.77. The molecule has 0 aliphatic carbocycles. The van der Waals surface area contributed by atoms with Crippen molar-refractivity contribution in [1.82, 2.24) is 9.80 Å². The minimum absolute atomic E-state index is 0.0154. The van der Waals surface area contributed by atoms with Gasteiger partial charge in [0.2, 0.25) is 0 Å². The number of likely N-dealkylation sites (tertiary alicyclic amines) is 1. The third kappa shape index (κ3) is 4.08. The first-order chi connectivity index (χ1) is 13.6. The number of piperidine rings is 1. The van der Waals surface area contributed by atoms with Gasteiger partial charge in [-0.25, -0.2) is 0 Å². The molecule has 28 heavy (non-hydrogen) atoms. The van der Waals surface area contributed by atoms with Crippen LogP contribution >= 0.6 is 11.8 Å². The van der Waals surface area contributed by atoms with E-state index in [0.29, 0.717) is 12.1 Å². The zero-order valence-electron chi connectivity index (χ0n) is 16.1. The van der Waals surface area contributed by atoms with E-state index in [2.05, 4.69) is 10.2 Å². The van der Waals surface area contributed by atoms with Gasteiger partial charge < -0.3 is 10.2 Å². The van der Waals surface area contributed by atoms with Crippen molar-refractivity contribution in [3.8, 4) is 0 Å². The highest BCUT2D eigenvalue weighted by Gasteiger charge is 2.33. The van der Waals surface area contributed by atoms with Crippen LogP contribution in [0.5, 0.6) is 0 Å². The smallest absolute Gasteiger partial charge is 0.253 e. The molecule has 0 bridgehead atoms. The van der Waals surface area contributed by atoms with E-state index < -0.39 is 0 Å². The second-order valence-electron chi connectivity index (χ2n) is 7.41. The molecule has 4 rings (SSSR count). The van der Waals surface area contributed by atoms with Crippen molar-refractivity contribution in [3.63, 3.8) is 0 Å². The summed E-state index contributed by atoms with van der Waals surface area (Å²) < 4.78 is 0. The summed E-state index contributed by atoms with van der Waals surface area (Å²) in [6.07, 6.45) is 3.55. The highest BCUT2D eigenvalue weighted by Crippen LogP contribution is 2.38. The second kappa shape index (κ2) is 8.37. The van der Waals surface area contributed by atoms with Gasteiger partial charge in [0.05, 0.1) is 5.69 Å². The lowest BCUT2D eigenvalue weighted by Gasteiger charge is -2.35. The van der Waals surface area contributed by atoms with Gasteiger partial charge in [0.25, 0.3) is 11.8 Å². The number of anilines is 1. The Bertz CT molecular complexity index is 865. The van der Waals surface area contributed by atoms with Gasteiger partial charge >= 0.3 is 0 Å². The van der Waals surface area contributed by atoms with Gasteiger partial charge in [0.15, 0.2) is 0 Å². The van der Waals surface area contributed by atoms with Crippen LogP contribution in [-0.4, -0.2) is 47.1 Å². The van der Waals surface area contributed by atoms with Crippen LogP contribution < -0.4 is 5.32 Å². The number of nitrogens with zero attached hydrogens (tertiary/aromatic N) is 2. The van der Waals surface area contributed by atoms with Crippen LogP contribution in [0, 0.1) is 0 Å². The summed E-state index contributed by atoms with van der Waals surface area (Å²) in [5.74, 6) is -0.0364. The molecule has 1 N–H and O–H groups in total. The quantitative estimate of drug-likeness (QED) is 0.855. The average Bonchev–Trinajstić information content (AvgIpc) is 2.73. The van der Waals surface area contributed by atoms with Crippen molar-refractivity contribution in [3.05, 3.63) is 59.7 Å². The predicted molar refractivity (Wildman–Crippen MR) is 112 cm³/mol. The monoisotopic (exact) mass is 395 g/mol. The van der Waals surface area contributed by atoms with Gasteiger partial charge in [-0.3, -0.25) is 14.5 Å². The molecule has 1 fully saturated rings. The van der Waals surface area contributed by atoms with Crippen LogP contribution in [0.3, 0.4) is 0 Å². The summed E-state index contributed by atoms with van der Waals surface area (Å²) >= 11 is 1.59.